The van der Waals surface area contributed by atoms with E-state index in [1.807, 2.05) is 18.2 Å². The Morgan fingerprint density at radius 2 is 1.89 bits per heavy atom. The van der Waals surface area contributed by atoms with Gasteiger partial charge in [-0.25, -0.2) is 0 Å². The van der Waals surface area contributed by atoms with Gasteiger partial charge in [-0.3, -0.25) is 4.18 Å². The molecular formula is C18H24O9S. The molecule has 28 heavy (non-hydrogen) atoms. The van der Waals surface area contributed by atoms with Crippen LogP contribution < -0.4 is 9.47 Å². The maximum Gasteiger partial charge on any atom is 0.264 e. The van der Waals surface area contributed by atoms with E-state index < -0.39 is 46.6 Å². The Balaban J connectivity index is 1.46. The Kier molecular flexibility index (Phi) is 5.05. The predicted octanol–water partition coefficient (Wildman–Crippen LogP) is 1.54. The summed E-state index contributed by atoms with van der Waals surface area (Å²) < 4.78 is 62.5. The Bertz CT molecular complexity index is 837. The molecule has 1 aromatic rings. The third-order valence-electron chi connectivity index (χ3n) is 4.69. The summed E-state index contributed by atoms with van der Waals surface area (Å²) in [5.41, 5.74) is 0.881. The lowest BCUT2D eigenvalue weighted by Gasteiger charge is -2.26. The summed E-state index contributed by atoms with van der Waals surface area (Å²) in [4.78, 5) is 0. The van der Waals surface area contributed by atoms with Crippen LogP contribution in [0.2, 0.25) is 0 Å². The molecule has 1 aromatic carbocycles. The van der Waals surface area contributed by atoms with Crippen LogP contribution in [0.3, 0.4) is 0 Å². The first-order valence-corrected chi connectivity index (χ1v) is 10.8. The van der Waals surface area contributed by atoms with Gasteiger partial charge in [-0.2, -0.15) is 8.42 Å². The lowest BCUT2D eigenvalue weighted by Crippen LogP contribution is -2.39. The van der Waals surface area contributed by atoms with Crippen molar-refractivity contribution in [2.45, 2.75) is 63.9 Å². The van der Waals surface area contributed by atoms with E-state index in [9.17, 15) is 8.42 Å². The maximum atomic E-state index is 11.5. The minimum absolute atomic E-state index is 0.204. The molecule has 0 saturated carbocycles. The number of hydrogen-bond donors (Lipinski definition) is 0. The first-order valence-electron chi connectivity index (χ1n) is 9.01. The molecule has 0 radical (unpaired) electrons. The minimum Gasteiger partial charge on any atom is -0.454 e. The minimum atomic E-state index is -3.64. The second-order valence-corrected chi connectivity index (χ2v) is 9.14. The number of rotatable bonds is 6. The Morgan fingerprint density at radius 3 is 2.64 bits per heavy atom. The van der Waals surface area contributed by atoms with Crippen molar-refractivity contribution in [1.29, 1.82) is 0 Å². The molecule has 2 saturated heterocycles. The van der Waals surface area contributed by atoms with Crippen LogP contribution in [-0.2, 0) is 39.9 Å². The van der Waals surface area contributed by atoms with Gasteiger partial charge in [0.25, 0.3) is 10.1 Å². The molecule has 0 amide bonds. The molecule has 3 aliphatic rings. The molecule has 0 aliphatic carbocycles. The molecule has 3 aliphatic heterocycles. The van der Waals surface area contributed by atoms with Gasteiger partial charge in [-0.1, -0.05) is 6.07 Å². The lowest BCUT2D eigenvalue weighted by atomic mass is 10.1. The van der Waals surface area contributed by atoms with Gasteiger partial charge in [-0.05, 0) is 38.5 Å². The van der Waals surface area contributed by atoms with Gasteiger partial charge in [0.15, 0.2) is 23.6 Å². The van der Waals surface area contributed by atoms with E-state index >= 15 is 0 Å². The Morgan fingerprint density at radius 1 is 1.18 bits per heavy atom. The van der Waals surface area contributed by atoms with Crippen molar-refractivity contribution in [3.8, 4) is 11.5 Å². The summed E-state index contributed by atoms with van der Waals surface area (Å²) >= 11 is 0. The van der Waals surface area contributed by atoms with E-state index in [0.29, 0.717) is 11.5 Å². The fourth-order valence-electron chi connectivity index (χ4n) is 3.64. The second kappa shape index (κ2) is 7.12. The molecule has 0 spiro atoms. The highest BCUT2D eigenvalue weighted by atomic mass is 32.2. The van der Waals surface area contributed by atoms with Crippen LogP contribution in [0.1, 0.15) is 26.3 Å². The van der Waals surface area contributed by atoms with Crippen molar-refractivity contribution in [2.75, 3.05) is 13.0 Å². The maximum absolute atomic E-state index is 11.5. The lowest BCUT2D eigenvalue weighted by molar-refractivity contribution is -0.243. The van der Waals surface area contributed by atoms with Gasteiger partial charge in [0.05, 0.1) is 12.9 Å². The third kappa shape index (κ3) is 4.12. The average molecular weight is 416 g/mol. The second-order valence-electron chi connectivity index (χ2n) is 7.54. The van der Waals surface area contributed by atoms with Crippen molar-refractivity contribution in [2.24, 2.45) is 0 Å². The molecule has 3 heterocycles. The topological polar surface area (TPSA) is 98.8 Å². The quantitative estimate of drug-likeness (QED) is 0.640. The zero-order valence-electron chi connectivity index (χ0n) is 16.1. The summed E-state index contributed by atoms with van der Waals surface area (Å²) in [6, 6.07) is 5.54. The summed E-state index contributed by atoms with van der Waals surface area (Å²) in [6.07, 6.45) is -2.14. The van der Waals surface area contributed by atoms with Crippen LogP contribution >= 0.6 is 0 Å². The van der Waals surface area contributed by atoms with Gasteiger partial charge >= 0.3 is 0 Å². The van der Waals surface area contributed by atoms with E-state index in [1.54, 1.807) is 20.8 Å². The third-order valence-corrected chi connectivity index (χ3v) is 5.34. The van der Waals surface area contributed by atoms with Crippen molar-refractivity contribution in [3.63, 3.8) is 0 Å². The van der Waals surface area contributed by atoms with E-state index in [1.165, 1.54) is 0 Å². The normalized spacial score (nSPS) is 31.7. The van der Waals surface area contributed by atoms with Gasteiger partial charge < -0.3 is 28.4 Å². The molecule has 0 unspecified atom stereocenters. The summed E-state index contributed by atoms with van der Waals surface area (Å²) in [5, 5.41) is 0. The fraction of sp³-hybridized carbons (Fsp3) is 0.667. The van der Waals surface area contributed by atoms with E-state index in [2.05, 4.69) is 0 Å². The van der Waals surface area contributed by atoms with Gasteiger partial charge in [-0.15, -0.1) is 0 Å². The number of benzene rings is 1. The van der Waals surface area contributed by atoms with Crippen LogP contribution in [0.5, 0.6) is 11.5 Å². The molecule has 4 rings (SSSR count). The van der Waals surface area contributed by atoms with Crippen molar-refractivity contribution >= 4 is 10.1 Å². The predicted molar refractivity (Wildman–Crippen MR) is 95.2 cm³/mol. The zero-order chi connectivity index (χ0) is 20.1. The van der Waals surface area contributed by atoms with E-state index in [4.69, 9.17) is 32.6 Å². The highest BCUT2D eigenvalue weighted by molar-refractivity contribution is 7.86. The first kappa shape index (κ1) is 19.9. The molecule has 10 heteroatoms. The molecule has 9 nitrogen and oxygen atoms in total. The van der Waals surface area contributed by atoms with Crippen molar-refractivity contribution in [1.82, 2.24) is 0 Å². The van der Waals surface area contributed by atoms with Gasteiger partial charge in [0, 0.05) is 0 Å². The van der Waals surface area contributed by atoms with Crippen LogP contribution in [0.4, 0.5) is 0 Å². The monoisotopic (exact) mass is 416 g/mol. The van der Waals surface area contributed by atoms with Gasteiger partial charge in [0.2, 0.25) is 6.79 Å². The van der Waals surface area contributed by atoms with E-state index in [0.717, 1.165) is 11.8 Å². The van der Waals surface area contributed by atoms with Crippen LogP contribution in [0, 0.1) is 0 Å². The zero-order valence-corrected chi connectivity index (χ0v) is 16.9. The summed E-state index contributed by atoms with van der Waals surface area (Å²) in [7, 11) is -3.64. The molecule has 5 atom stereocenters. The number of fused-ring (bicyclic) bond motifs is 2. The van der Waals surface area contributed by atoms with Crippen molar-refractivity contribution in [3.05, 3.63) is 23.8 Å². The first-order chi connectivity index (χ1) is 13.1. The van der Waals surface area contributed by atoms with E-state index in [-0.39, 0.29) is 13.4 Å². The van der Waals surface area contributed by atoms with Crippen LogP contribution in [0.15, 0.2) is 18.2 Å². The summed E-state index contributed by atoms with van der Waals surface area (Å²) in [5.74, 6) is 0.533. The number of hydrogen-bond acceptors (Lipinski definition) is 9. The molecule has 0 N–H and O–H groups in total. The Labute approximate surface area is 163 Å². The highest BCUT2D eigenvalue weighted by Gasteiger charge is 2.57. The molecule has 2 fully saturated rings. The highest BCUT2D eigenvalue weighted by Crippen LogP contribution is 2.41. The van der Waals surface area contributed by atoms with Crippen LogP contribution in [0.25, 0.3) is 0 Å². The standard InChI is InChI=1S/C18H24O9S/c1-10(27-28(4,19)20)14-15-16(26-18(2,3)25-15)17(24-14)21-8-11-5-6-12-13(7-11)23-9-22-12/h5-7,10,14-17H,8-9H2,1-4H3/t10-,14-,15+,16+,17+/m1/s1. The molecule has 0 bridgehead atoms. The number of ether oxygens (including phenoxy) is 6. The SMILES string of the molecule is C[C@@H](OS(C)(=O)=O)[C@H]1O[C@H](OCc2ccc3c(c2)OCO3)[C@H]2OC(C)(C)O[C@H]21. The molecule has 156 valence electrons. The summed E-state index contributed by atoms with van der Waals surface area (Å²) in [6.45, 7) is 5.66. The molecular weight excluding hydrogens is 392 g/mol. The van der Waals surface area contributed by atoms with Gasteiger partial charge in [0.1, 0.15) is 24.4 Å². The van der Waals surface area contributed by atoms with Crippen molar-refractivity contribution < 1.29 is 41.0 Å². The smallest absolute Gasteiger partial charge is 0.264 e. The van der Waals surface area contributed by atoms with Crippen LogP contribution in [-0.4, -0.2) is 58.0 Å². The Hall–Kier alpha value is -1.43. The molecule has 0 aromatic heterocycles. The largest absolute Gasteiger partial charge is 0.454 e. The fourth-order valence-corrected chi connectivity index (χ4v) is 4.30. The average Bonchev–Trinajstić information content (AvgIpc) is 3.23.